The summed E-state index contributed by atoms with van der Waals surface area (Å²) in [4.78, 5) is 4.27. The lowest BCUT2D eigenvalue weighted by molar-refractivity contribution is 0.0686. The Hall–Kier alpha value is -0.940. The molecular formula is C14H26N4O. The van der Waals surface area contributed by atoms with E-state index in [1.807, 2.05) is 4.68 Å². The molecule has 0 spiro atoms. The van der Waals surface area contributed by atoms with Crippen LogP contribution in [-0.2, 0) is 17.9 Å². The molecule has 5 nitrogen and oxygen atoms in total. The molecule has 0 radical (unpaired) electrons. The van der Waals surface area contributed by atoms with E-state index in [-0.39, 0.29) is 0 Å². The Bertz CT molecular complexity index is 377. The normalized spacial score (nSPS) is 23.4. The van der Waals surface area contributed by atoms with Gasteiger partial charge in [-0.1, -0.05) is 20.3 Å². The highest BCUT2D eigenvalue weighted by Crippen LogP contribution is 2.31. The Morgan fingerprint density at radius 3 is 2.95 bits per heavy atom. The average molecular weight is 266 g/mol. The van der Waals surface area contributed by atoms with Gasteiger partial charge in [-0.2, -0.15) is 5.10 Å². The summed E-state index contributed by atoms with van der Waals surface area (Å²) in [6.07, 6.45) is 5.41. The third kappa shape index (κ3) is 4.01. The van der Waals surface area contributed by atoms with E-state index in [1.165, 1.54) is 19.3 Å². The number of rotatable bonds is 7. The molecule has 1 fully saturated rings. The molecule has 0 aliphatic heterocycles. The molecule has 2 unspecified atom stereocenters. The Balaban J connectivity index is 1.78. The zero-order valence-electron chi connectivity index (χ0n) is 12.1. The van der Waals surface area contributed by atoms with Crippen LogP contribution < -0.4 is 5.73 Å². The van der Waals surface area contributed by atoms with Crippen molar-refractivity contribution in [1.82, 2.24) is 14.8 Å². The van der Waals surface area contributed by atoms with Gasteiger partial charge in [0.15, 0.2) is 5.82 Å². The fraction of sp³-hybridized carbons (Fsp3) is 0.857. The molecule has 5 heteroatoms. The smallest absolute Gasteiger partial charge is 0.152 e. The van der Waals surface area contributed by atoms with Crippen LogP contribution in [-0.4, -0.2) is 27.9 Å². The van der Waals surface area contributed by atoms with Crippen molar-refractivity contribution < 1.29 is 4.74 Å². The summed E-state index contributed by atoms with van der Waals surface area (Å²) in [7, 11) is 0. The van der Waals surface area contributed by atoms with Crippen LogP contribution >= 0.6 is 0 Å². The maximum Gasteiger partial charge on any atom is 0.152 e. The van der Waals surface area contributed by atoms with Gasteiger partial charge in [0.1, 0.15) is 12.9 Å². The molecule has 1 heterocycles. The standard InChI is InChI=1S/C14H26N4O/c1-11(2)7-18-14(16-10-17-18)9-19-8-13-5-3-4-12(13)6-15/h10-13H,3-9,15H2,1-2H3. The van der Waals surface area contributed by atoms with Gasteiger partial charge in [0.05, 0.1) is 6.61 Å². The van der Waals surface area contributed by atoms with Crippen LogP contribution in [0.3, 0.4) is 0 Å². The number of nitrogens with two attached hydrogens (primary N) is 1. The highest BCUT2D eigenvalue weighted by atomic mass is 16.5. The van der Waals surface area contributed by atoms with Crippen LogP contribution in [0, 0.1) is 17.8 Å². The van der Waals surface area contributed by atoms with E-state index >= 15 is 0 Å². The van der Waals surface area contributed by atoms with Crippen LogP contribution in [0.2, 0.25) is 0 Å². The number of ether oxygens (including phenoxy) is 1. The van der Waals surface area contributed by atoms with Gasteiger partial charge in [-0.25, -0.2) is 9.67 Å². The summed E-state index contributed by atoms with van der Waals surface area (Å²) in [6, 6.07) is 0. The molecule has 108 valence electrons. The van der Waals surface area contributed by atoms with Gasteiger partial charge < -0.3 is 10.5 Å². The molecule has 0 aromatic carbocycles. The van der Waals surface area contributed by atoms with Crippen molar-refractivity contribution >= 4 is 0 Å². The summed E-state index contributed by atoms with van der Waals surface area (Å²) in [5.74, 6) is 2.77. The lowest BCUT2D eigenvalue weighted by atomic mass is 9.97. The predicted molar refractivity (Wildman–Crippen MR) is 74.4 cm³/mol. The van der Waals surface area contributed by atoms with Crippen molar-refractivity contribution in [2.45, 2.75) is 46.3 Å². The van der Waals surface area contributed by atoms with E-state index in [2.05, 4.69) is 23.9 Å². The summed E-state index contributed by atoms with van der Waals surface area (Å²) in [6.45, 7) is 7.40. The largest absolute Gasteiger partial charge is 0.373 e. The van der Waals surface area contributed by atoms with Crippen molar-refractivity contribution in [2.24, 2.45) is 23.5 Å². The first-order valence-electron chi connectivity index (χ1n) is 7.35. The maximum atomic E-state index is 5.84. The highest BCUT2D eigenvalue weighted by Gasteiger charge is 2.26. The quantitative estimate of drug-likeness (QED) is 0.817. The second kappa shape index (κ2) is 7.01. The molecule has 1 aromatic rings. The van der Waals surface area contributed by atoms with Crippen LogP contribution in [0.25, 0.3) is 0 Å². The Kier molecular flexibility index (Phi) is 5.34. The fourth-order valence-corrected chi connectivity index (χ4v) is 2.84. The van der Waals surface area contributed by atoms with Crippen LogP contribution in [0.5, 0.6) is 0 Å². The molecule has 1 aliphatic rings. The zero-order valence-corrected chi connectivity index (χ0v) is 12.1. The van der Waals surface area contributed by atoms with E-state index in [1.54, 1.807) is 6.33 Å². The van der Waals surface area contributed by atoms with Crippen molar-refractivity contribution in [3.05, 3.63) is 12.2 Å². The number of hydrogen-bond acceptors (Lipinski definition) is 4. The van der Waals surface area contributed by atoms with Crippen molar-refractivity contribution in [3.63, 3.8) is 0 Å². The third-order valence-corrected chi connectivity index (χ3v) is 3.92. The van der Waals surface area contributed by atoms with Crippen molar-refractivity contribution in [1.29, 1.82) is 0 Å². The second-order valence-corrected chi connectivity index (χ2v) is 5.95. The monoisotopic (exact) mass is 266 g/mol. The van der Waals surface area contributed by atoms with Gasteiger partial charge in [-0.05, 0) is 37.1 Å². The molecule has 2 N–H and O–H groups in total. The number of aromatic nitrogens is 3. The first-order chi connectivity index (χ1) is 9.20. The van der Waals surface area contributed by atoms with Gasteiger partial charge in [-0.3, -0.25) is 0 Å². The first kappa shape index (κ1) is 14.5. The predicted octanol–water partition coefficient (Wildman–Crippen LogP) is 1.83. The molecule has 19 heavy (non-hydrogen) atoms. The van der Waals surface area contributed by atoms with Crippen molar-refractivity contribution in [3.8, 4) is 0 Å². The Morgan fingerprint density at radius 2 is 2.21 bits per heavy atom. The van der Waals surface area contributed by atoms with Crippen LogP contribution in [0.15, 0.2) is 6.33 Å². The molecule has 1 aliphatic carbocycles. The maximum absolute atomic E-state index is 5.84. The molecule has 0 bridgehead atoms. The van der Waals surface area contributed by atoms with E-state index in [0.717, 1.165) is 25.5 Å². The van der Waals surface area contributed by atoms with Crippen LogP contribution in [0.1, 0.15) is 38.9 Å². The molecule has 0 amide bonds. The Labute approximate surface area is 115 Å². The second-order valence-electron chi connectivity index (χ2n) is 5.95. The summed E-state index contributed by atoms with van der Waals surface area (Å²) in [5.41, 5.74) is 5.79. The number of nitrogens with zero attached hydrogens (tertiary/aromatic N) is 3. The van der Waals surface area contributed by atoms with Crippen molar-refractivity contribution in [2.75, 3.05) is 13.2 Å². The van der Waals surface area contributed by atoms with E-state index in [9.17, 15) is 0 Å². The minimum atomic E-state index is 0.556. The molecule has 1 saturated carbocycles. The van der Waals surface area contributed by atoms with Gasteiger partial charge in [0, 0.05) is 6.54 Å². The highest BCUT2D eigenvalue weighted by molar-refractivity contribution is 4.83. The lowest BCUT2D eigenvalue weighted by Gasteiger charge is -2.17. The minimum absolute atomic E-state index is 0.556. The third-order valence-electron chi connectivity index (χ3n) is 3.92. The fourth-order valence-electron chi connectivity index (χ4n) is 2.84. The SMILES string of the molecule is CC(C)Cn1ncnc1COCC1CCCC1CN. The molecule has 2 atom stereocenters. The molecule has 2 rings (SSSR count). The summed E-state index contributed by atoms with van der Waals surface area (Å²) in [5, 5.41) is 4.24. The van der Waals surface area contributed by atoms with Gasteiger partial charge in [0.25, 0.3) is 0 Å². The van der Waals surface area contributed by atoms with Gasteiger partial charge in [-0.15, -0.1) is 0 Å². The summed E-state index contributed by atoms with van der Waals surface area (Å²) < 4.78 is 7.78. The van der Waals surface area contributed by atoms with E-state index in [0.29, 0.717) is 24.4 Å². The average Bonchev–Trinajstić information content (AvgIpc) is 2.98. The van der Waals surface area contributed by atoms with Gasteiger partial charge in [0.2, 0.25) is 0 Å². The van der Waals surface area contributed by atoms with Crippen LogP contribution in [0.4, 0.5) is 0 Å². The van der Waals surface area contributed by atoms with Gasteiger partial charge >= 0.3 is 0 Å². The first-order valence-corrected chi connectivity index (χ1v) is 7.35. The Morgan fingerprint density at radius 1 is 1.42 bits per heavy atom. The molecular weight excluding hydrogens is 240 g/mol. The van der Waals surface area contributed by atoms with E-state index in [4.69, 9.17) is 10.5 Å². The minimum Gasteiger partial charge on any atom is -0.373 e. The lowest BCUT2D eigenvalue weighted by Crippen LogP contribution is -2.22. The zero-order chi connectivity index (χ0) is 13.7. The van der Waals surface area contributed by atoms with E-state index < -0.39 is 0 Å². The summed E-state index contributed by atoms with van der Waals surface area (Å²) >= 11 is 0. The molecule has 0 saturated heterocycles. The number of hydrogen-bond donors (Lipinski definition) is 1. The topological polar surface area (TPSA) is 66.0 Å². The molecule has 1 aromatic heterocycles.